The van der Waals surface area contributed by atoms with Crippen molar-refractivity contribution in [2.75, 3.05) is 5.32 Å². The lowest BCUT2D eigenvalue weighted by Crippen LogP contribution is -2.20. The summed E-state index contributed by atoms with van der Waals surface area (Å²) in [5, 5.41) is 20.0. The summed E-state index contributed by atoms with van der Waals surface area (Å²) in [6, 6.07) is 12.2. The summed E-state index contributed by atoms with van der Waals surface area (Å²) in [4.78, 5) is 26.4. The molecule has 7 nitrogen and oxygen atoms in total. The number of aromatic hydroxyl groups is 1. The Morgan fingerprint density at radius 3 is 2.60 bits per heavy atom. The van der Waals surface area contributed by atoms with Crippen LogP contribution in [0.3, 0.4) is 0 Å². The van der Waals surface area contributed by atoms with Crippen LogP contribution >= 0.6 is 15.9 Å². The maximum Gasteiger partial charge on any atom is 0.353 e. The molecule has 0 radical (unpaired) electrons. The molecule has 1 heterocycles. The summed E-state index contributed by atoms with van der Waals surface area (Å²) >= 11 is 3.32. The number of halogens is 1. The molecular weight excluding hydrogens is 388 g/mol. The van der Waals surface area contributed by atoms with Crippen LogP contribution in [-0.4, -0.2) is 21.9 Å². The van der Waals surface area contributed by atoms with Crippen LogP contribution in [0.1, 0.15) is 5.56 Å². The molecule has 2 aromatic carbocycles. The molecule has 0 aliphatic heterocycles. The zero-order chi connectivity index (χ0) is 18.0. The third-order valence-electron chi connectivity index (χ3n) is 3.46. The van der Waals surface area contributed by atoms with E-state index in [1.54, 1.807) is 30.3 Å². The number of nitrogens with zero attached hydrogens (tertiary/aromatic N) is 2. The van der Waals surface area contributed by atoms with Crippen LogP contribution in [-0.2, 0) is 9.59 Å². The van der Waals surface area contributed by atoms with Crippen molar-refractivity contribution in [1.82, 2.24) is 4.98 Å². The van der Waals surface area contributed by atoms with Crippen LogP contribution in [0.15, 0.2) is 57.2 Å². The maximum atomic E-state index is 11.9. The Bertz CT molecular complexity index is 993. The molecule has 3 N–H and O–H groups in total. The fourth-order valence-electron chi connectivity index (χ4n) is 2.20. The standard InChI is InChI=1S/C17H13BrN4O3/c1-9-2-5-11(6-3-9)19-16(24)17(25)22-21-14-12-8-10(18)4-7-13(12)20-15(14)23/h2-8,20,23H,1H3,(H,19,24). The van der Waals surface area contributed by atoms with E-state index in [0.717, 1.165) is 10.0 Å². The molecule has 0 spiro atoms. The number of hydrogen-bond donors (Lipinski definition) is 3. The van der Waals surface area contributed by atoms with Crippen molar-refractivity contribution in [1.29, 1.82) is 0 Å². The molecule has 0 saturated carbocycles. The van der Waals surface area contributed by atoms with E-state index in [1.165, 1.54) is 0 Å². The molecule has 0 aliphatic carbocycles. The number of nitrogens with one attached hydrogen (secondary N) is 2. The smallest absolute Gasteiger partial charge is 0.353 e. The predicted octanol–water partition coefficient (Wildman–Crippen LogP) is 4.19. The Labute approximate surface area is 150 Å². The number of carbonyl (C=O) groups is 2. The quantitative estimate of drug-likeness (QED) is 0.443. The molecular formula is C17H13BrN4O3. The first-order chi connectivity index (χ1) is 11.9. The number of hydrogen-bond acceptors (Lipinski definition) is 4. The minimum atomic E-state index is -1.07. The monoisotopic (exact) mass is 400 g/mol. The van der Waals surface area contributed by atoms with E-state index in [2.05, 4.69) is 36.5 Å². The number of amides is 2. The average Bonchev–Trinajstić information content (AvgIpc) is 2.89. The summed E-state index contributed by atoms with van der Waals surface area (Å²) in [5.41, 5.74) is 2.24. The van der Waals surface area contributed by atoms with Gasteiger partial charge in [0, 0.05) is 15.5 Å². The number of aromatic nitrogens is 1. The summed E-state index contributed by atoms with van der Waals surface area (Å²) in [6.45, 7) is 1.91. The van der Waals surface area contributed by atoms with Crippen LogP contribution in [0.2, 0.25) is 0 Å². The van der Waals surface area contributed by atoms with E-state index >= 15 is 0 Å². The molecule has 1 aromatic heterocycles. The lowest BCUT2D eigenvalue weighted by atomic mass is 10.2. The van der Waals surface area contributed by atoms with Gasteiger partial charge in [-0.15, -0.1) is 10.2 Å². The van der Waals surface area contributed by atoms with E-state index < -0.39 is 11.8 Å². The van der Waals surface area contributed by atoms with Gasteiger partial charge in [-0.25, -0.2) is 0 Å². The molecule has 0 fully saturated rings. The lowest BCUT2D eigenvalue weighted by molar-refractivity contribution is -0.134. The number of H-pyrrole nitrogens is 1. The number of carbonyl (C=O) groups excluding carboxylic acids is 2. The normalized spacial score (nSPS) is 11.1. The molecule has 0 atom stereocenters. The highest BCUT2D eigenvalue weighted by atomic mass is 79.9. The number of fused-ring (bicyclic) bond motifs is 1. The summed E-state index contributed by atoms with van der Waals surface area (Å²) < 4.78 is 0.777. The average molecular weight is 401 g/mol. The van der Waals surface area contributed by atoms with E-state index in [4.69, 9.17) is 0 Å². The minimum Gasteiger partial charge on any atom is -0.493 e. The lowest BCUT2D eigenvalue weighted by Gasteiger charge is -2.01. The van der Waals surface area contributed by atoms with E-state index in [9.17, 15) is 14.7 Å². The molecule has 8 heteroatoms. The van der Waals surface area contributed by atoms with Crippen molar-refractivity contribution in [2.45, 2.75) is 6.92 Å². The molecule has 3 aromatic rings. The van der Waals surface area contributed by atoms with Crippen molar-refractivity contribution in [2.24, 2.45) is 10.2 Å². The van der Waals surface area contributed by atoms with Crippen molar-refractivity contribution in [3.63, 3.8) is 0 Å². The number of rotatable bonds is 2. The molecule has 0 saturated heterocycles. The molecule has 25 heavy (non-hydrogen) atoms. The number of benzene rings is 2. The number of aryl methyl sites for hydroxylation is 1. The molecule has 126 valence electrons. The van der Waals surface area contributed by atoms with Gasteiger partial charge in [0.1, 0.15) is 0 Å². The van der Waals surface area contributed by atoms with Crippen LogP contribution in [0.25, 0.3) is 10.9 Å². The van der Waals surface area contributed by atoms with Gasteiger partial charge in [0.2, 0.25) is 5.88 Å². The van der Waals surface area contributed by atoms with E-state index in [1.807, 2.05) is 19.1 Å². The van der Waals surface area contributed by atoms with Crippen molar-refractivity contribution >= 4 is 50.0 Å². The Kier molecular flexibility index (Phi) is 4.62. The highest BCUT2D eigenvalue weighted by Gasteiger charge is 2.15. The Balaban J connectivity index is 1.78. The largest absolute Gasteiger partial charge is 0.493 e. The van der Waals surface area contributed by atoms with Gasteiger partial charge in [-0.05, 0) is 37.3 Å². The third kappa shape index (κ3) is 3.74. The summed E-state index contributed by atoms with van der Waals surface area (Å²) in [6.07, 6.45) is 0. The van der Waals surface area contributed by atoms with Gasteiger partial charge in [-0.1, -0.05) is 33.6 Å². The summed E-state index contributed by atoms with van der Waals surface area (Å²) in [5.74, 6) is -2.21. The van der Waals surface area contributed by atoms with E-state index in [0.29, 0.717) is 16.6 Å². The Morgan fingerprint density at radius 2 is 1.88 bits per heavy atom. The van der Waals surface area contributed by atoms with Gasteiger partial charge in [0.05, 0.1) is 5.52 Å². The molecule has 0 aliphatic rings. The fraction of sp³-hybridized carbons (Fsp3) is 0.0588. The number of anilines is 1. The zero-order valence-electron chi connectivity index (χ0n) is 13.1. The minimum absolute atomic E-state index is 0.0905. The van der Waals surface area contributed by atoms with Gasteiger partial charge in [-0.3, -0.25) is 9.59 Å². The maximum absolute atomic E-state index is 11.9. The fourth-order valence-corrected chi connectivity index (χ4v) is 2.56. The molecule has 0 bridgehead atoms. The number of aromatic amines is 1. The van der Waals surface area contributed by atoms with Gasteiger partial charge in [0.25, 0.3) is 0 Å². The van der Waals surface area contributed by atoms with E-state index in [-0.39, 0.29) is 11.6 Å². The number of azo groups is 1. The highest BCUT2D eigenvalue weighted by molar-refractivity contribution is 9.10. The molecule has 0 unspecified atom stereocenters. The topological polar surface area (TPSA) is 107 Å². The highest BCUT2D eigenvalue weighted by Crippen LogP contribution is 2.36. The molecule has 3 rings (SSSR count). The van der Waals surface area contributed by atoms with Gasteiger partial charge in [0.15, 0.2) is 5.69 Å². The van der Waals surface area contributed by atoms with Crippen LogP contribution in [0.4, 0.5) is 11.4 Å². The second-order valence-electron chi connectivity index (χ2n) is 5.34. The van der Waals surface area contributed by atoms with Crippen LogP contribution < -0.4 is 5.32 Å². The van der Waals surface area contributed by atoms with Crippen molar-refractivity contribution in [3.05, 3.63) is 52.5 Å². The Morgan fingerprint density at radius 1 is 1.16 bits per heavy atom. The third-order valence-corrected chi connectivity index (χ3v) is 3.95. The first-order valence-electron chi connectivity index (χ1n) is 7.28. The predicted molar refractivity (Wildman–Crippen MR) is 97.0 cm³/mol. The zero-order valence-corrected chi connectivity index (χ0v) is 14.7. The first kappa shape index (κ1) is 16.8. The second-order valence-corrected chi connectivity index (χ2v) is 6.25. The van der Waals surface area contributed by atoms with Crippen LogP contribution in [0, 0.1) is 6.92 Å². The SMILES string of the molecule is Cc1ccc(NC(=O)C(=O)N=Nc2c(O)[nH]c3ccc(Br)cc23)cc1. The van der Waals surface area contributed by atoms with Gasteiger partial charge in [-0.2, -0.15) is 0 Å². The van der Waals surface area contributed by atoms with Crippen molar-refractivity contribution in [3.8, 4) is 5.88 Å². The van der Waals surface area contributed by atoms with Gasteiger partial charge >= 0.3 is 11.8 Å². The molecule has 2 amide bonds. The van der Waals surface area contributed by atoms with Gasteiger partial charge < -0.3 is 15.4 Å². The summed E-state index contributed by atoms with van der Waals surface area (Å²) in [7, 11) is 0. The van der Waals surface area contributed by atoms with Crippen molar-refractivity contribution < 1.29 is 14.7 Å². The Hall–Kier alpha value is -3.00. The second kappa shape index (κ2) is 6.86. The van der Waals surface area contributed by atoms with Crippen LogP contribution in [0.5, 0.6) is 5.88 Å². The first-order valence-corrected chi connectivity index (χ1v) is 8.07.